The van der Waals surface area contributed by atoms with Gasteiger partial charge in [0.2, 0.25) is 0 Å². The zero-order valence-corrected chi connectivity index (χ0v) is 7.46. The maximum atomic E-state index is 9.46. The second-order valence-corrected chi connectivity index (χ2v) is 3.17. The molecule has 0 aromatic carbocycles. The summed E-state index contributed by atoms with van der Waals surface area (Å²) >= 11 is 0. The quantitative estimate of drug-likeness (QED) is 0.318. The van der Waals surface area contributed by atoms with Crippen LogP contribution in [-0.2, 0) is 0 Å². The van der Waals surface area contributed by atoms with Gasteiger partial charge in [0.1, 0.15) is 12.2 Å². The van der Waals surface area contributed by atoms with Crippen LogP contribution in [0.3, 0.4) is 0 Å². The van der Waals surface area contributed by atoms with Gasteiger partial charge < -0.3 is 20.4 Å². The molecular formula is C7H16N2O4. The third-order valence-electron chi connectivity index (χ3n) is 2.40. The van der Waals surface area contributed by atoms with Crippen molar-refractivity contribution in [3.8, 4) is 0 Å². The molecule has 3 unspecified atom stereocenters. The highest BCUT2D eigenvalue weighted by Gasteiger charge is 2.40. The molecule has 0 bridgehead atoms. The molecule has 0 aromatic rings. The zero-order chi connectivity index (χ0) is 10.0. The predicted octanol–water partition coefficient (Wildman–Crippen LogP) is -3.12. The Morgan fingerprint density at radius 3 is 2.38 bits per heavy atom. The van der Waals surface area contributed by atoms with Crippen LogP contribution in [0.4, 0.5) is 0 Å². The second kappa shape index (κ2) is 4.32. The van der Waals surface area contributed by atoms with Crippen molar-refractivity contribution in [3.63, 3.8) is 0 Å². The summed E-state index contributed by atoms with van der Waals surface area (Å²) in [7, 11) is 1.62. The molecule has 13 heavy (non-hydrogen) atoms. The van der Waals surface area contributed by atoms with Crippen LogP contribution in [0.5, 0.6) is 0 Å². The van der Waals surface area contributed by atoms with Gasteiger partial charge in [0.15, 0.2) is 0 Å². The molecule has 0 radical (unpaired) electrons. The van der Waals surface area contributed by atoms with Crippen molar-refractivity contribution in [2.45, 2.75) is 24.4 Å². The Bertz CT molecular complexity index is 167. The van der Waals surface area contributed by atoms with Gasteiger partial charge in [-0.1, -0.05) is 0 Å². The molecule has 4 atom stereocenters. The minimum Gasteiger partial charge on any atom is -0.395 e. The van der Waals surface area contributed by atoms with Crippen LogP contribution in [0, 0.1) is 0 Å². The number of nitrogens with one attached hydrogen (secondary N) is 1. The average Bonchev–Trinajstić information content (AvgIpc) is 2.13. The molecule has 78 valence electrons. The lowest BCUT2D eigenvalue weighted by molar-refractivity contribution is -0.155. The van der Waals surface area contributed by atoms with E-state index in [4.69, 9.17) is 5.11 Å². The molecule has 6 nitrogen and oxygen atoms in total. The van der Waals surface area contributed by atoms with Crippen LogP contribution in [0.25, 0.3) is 0 Å². The van der Waals surface area contributed by atoms with Crippen molar-refractivity contribution in [2.75, 3.05) is 20.2 Å². The molecule has 0 amide bonds. The summed E-state index contributed by atoms with van der Waals surface area (Å²) in [6, 6.07) is -0.580. The van der Waals surface area contributed by atoms with E-state index in [0.717, 1.165) is 0 Å². The molecular weight excluding hydrogens is 176 g/mol. The van der Waals surface area contributed by atoms with E-state index in [-0.39, 0.29) is 13.2 Å². The van der Waals surface area contributed by atoms with Crippen molar-refractivity contribution >= 4 is 0 Å². The lowest BCUT2D eigenvalue weighted by Crippen LogP contribution is -2.65. The molecule has 1 fully saturated rings. The van der Waals surface area contributed by atoms with Gasteiger partial charge in [-0.15, -0.1) is 0 Å². The lowest BCUT2D eigenvalue weighted by atomic mass is 9.96. The first kappa shape index (κ1) is 10.8. The highest BCUT2D eigenvalue weighted by atomic mass is 16.4. The highest BCUT2D eigenvalue weighted by Crippen LogP contribution is 2.16. The van der Waals surface area contributed by atoms with Crippen LogP contribution in [0.2, 0.25) is 0 Å². The van der Waals surface area contributed by atoms with Crippen LogP contribution in [0.15, 0.2) is 0 Å². The largest absolute Gasteiger partial charge is 0.395 e. The summed E-state index contributed by atoms with van der Waals surface area (Å²) in [6.45, 7) is -0.0915. The third kappa shape index (κ3) is 1.98. The van der Waals surface area contributed by atoms with Gasteiger partial charge in [-0.05, 0) is 7.05 Å². The maximum absolute atomic E-state index is 9.46. The molecule has 1 aliphatic rings. The summed E-state index contributed by atoms with van der Waals surface area (Å²) in [5.74, 6) is 0. The molecule has 1 aliphatic heterocycles. The average molecular weight is 192 g/mol. The van der Waals surface area contributed by atoms with Gasteiger partial charge in [-0.2, -0.15) is 0 Å². The van der Waals surface area contributed by atoms with Gasteiger partial charge in [-0.3, -0.25) is 5.43 Å². The van der Waals surface area contributed by atoms with E-state index in [9.17, 15) is 15.3 Å². The van der Waals surface area contributed by atoms with E-state index in [0.29, 0.717) is 0 Å². The van der Waals surface area contributed by atoms with E-state index in [1.807, 2.05) is 0 Å². The van der Waals surface area contributed by atoms with Crippen LogP contribution < -0.4 is 5.43 Å². The molecule has 6 heteroatoms. The zero-order valence-electron chi connectivity index (χ0n) is 7.46. The lowest BCUT2D eigenvalue weighted by Gasteiger charge is -2.42. The first-order valence-electron chi connectivity index (χ1n) is 4.21. The Labute approximate surface area is 76.4 Å². The van der Waals surface area contributed by atoms with Crippen molar-refractivity contribution in [1.82, 2.24) is 10.4 Å². The first-order chi connectivity index (χ1) is 6.11. The van der Waals surface area contributed by atoms with Gasteiger partial charge in [0.05, 0.1) is 18.8 Å². The predicted molar refractivity (Wildman–Crippen MR) is 44.7 cm³/mol. The Morgan fingerprint density at radius 2 is 1.92 bits per heavy atom. The summed E-state index contributed by atoms with van der Waals surface area (Å²) in [6.07, 6.45) is -3.33. The fraction of sp³-hybridized carbons (Fsp3) is 1.00. The Morgan fingerprint density at radius 1 is 1.31 bits per heavy atom. The number of hydrazine groups is 1. The SMILES string of the molecule is CNN1CC(O)[C@@H](O)C(O)C1CO. The minimum atomic E-state index is -1.19. The second-order valence-electron chi connectivity index (χ2n) is 3.17. The van der Waals surface area contributed by atoms with Crippen molar-refractivity contribution in [1.29, 1.82) is 0 Å². The van der Waals surface area contributed by atoms with E-state index >= 15 is 0 Å². The van der Waals surface area contributed by atoms with Crippen molar-refractivity contribution in [2.24, 2.45) is 0 Å². The molecule has 0 saturated carbocycles. The number of nitrogens with zero attached hydrogens (tertiary/aromatic N) is 1. The number of aliphatic hydroxyl groups excluding tert-OH is 4. The normalized spacial score (nSPS) is 42.2. The monoisotopic (exact) mass is 192 g/mol. The fourth-order valence-corrected chi connectivity index (χ4v) is 1.55. The molecule has 1 heterocycles. The molecule has 5 N–H and O–H groups in total. The molecule has 1 saturated heterocycles. The summed E-state index contributed by atoms with van der Waals surface area (Å²) < 4.78 is 0. The van der Waals surface area contributed by atoms with E-state index in [1.165, 1.54) is 5.01 Å². The van der Waals surface area contributed by atoms with E-state index in [2.05, 4.69) is 5.43 Å². The summed E-state index contributed by atoms with van der Waals surface area (Å²) in [5, 5.41) is 38.5. The molecule has 0 aliphatic carbocycles. The van der Waals surface area contributed by atoms with Crippen LogP contribution in [0.1, 0.15) is 0 Å². The van der Waals surface area contributed by atoms with Crippen LogP contribution >= 0.6 is 0 Å². The summed E-state index contributed by atoms with van der Waals surface area (Å²) in [5.41, 5.74) is 2.73. The Hall–Kier alpha value is -0.240. The maximum Gasteiger partial charge on any atom is 0.109 e. The van der Waals surface area contributed by atoms with Gasteiger partial charge >= 0.3 is 0 Å². The number of β-amino-alcohol motifs (C(OH)–C–C–N with tert-alkyl or cyclic N) is 1. The standard InChI is InChI=1S/C7H16N2O4/c1-8-9-2-5(11)7(13)6(12)4(9)3-10/h4-8,10-13H,2-3H2,1H3/t4?,5?,6?,7-/m1/s1. The smallest absolute Gasteiger partial charge is 0.109 e. The van der Waals surface area contributed by atoms with Gasteiger partial charge in [0, 0.05) is 6.54 Å². The highest BCUT2D eigenvalue weighted by molar-refractivity contribution is 4.92. The fourth-order valence-electron chi connectivity index (χ4n) is 1.55. The Kier molecular flexibility index (Phi) is 3.60. The number of piperidine rings is 1. The van der Waals surface area contributed by atoms with Crippen LogP contribution in [-0.4, -0.2) is 70.0 Å². The molecule has 0 spiro atoms. The van der Waals surface area contributed by atoms with E-state index < -0.39 is 24.4 Å². The first-order valence-corrected chi connectivity index (χ1v) is 4.21. The third-order valence-corrected chi connectivity index (χ3v) is 2.40. The molecule has 1 rings (SSSR count). The number of aliphatic hydroxyl groups is 4. The number of hydrogen-bond donors (Lipinski definition) is 5. The van der Waals surface area contributed by atoms with E-state index in [1.54, 1.807) is 7.05 Å². The number of rotatable bonds is 2. The van der Waals surface area contributed by atoms with Gasteiger partial charge in [0.25, 0.3) is 0 Å². The van der Waals surface area contributed by atoms with Crippen molar-refractivity contribution < 1.29 is 20.4 Å². The molecule has 0 aromatic heterocycles. The van der Waals surface area contributed by atoms with Crippen molar-refractivity contribution in [3.05, 3.63) is 0 Å². The van der Waals surface area contributed by atoms with Gasteiger partial charge in [-0.25, -0.2) is 5.01 Å². The minimum absolute atomic E-state index is 0.181. The topological polar surface area (TPSA) is 96.2 Å². The number of hydrogen-bond acceptors (Lipinski definition) is 6. The Balaban J connectivity index is 2.69. The summed E-state index contributed by atoms with van der Waals surface area (Å²) in [4.78, 5) is 0.